The van der Waals surface area contributed by atoms with Crippen molar-refractivity contribution in [2.75, 3.05) is 6.26 Å². The van der Waals surface area contributed by atoms with Crippen LogP contribution in [0.1, 0.15) is 43.7 Å². The van der Waals surface area contributed by atoms with E-state index in [1.54, 1.807) is 13.8 Å². The zero-order chi connectivity index (χ0) is 16.3. The van der Waals surface area contributed by atoms with Crippen molar-refractivity contribution in [1.82, 2.24) is 5.32 Å². The second-order valence-electron chi connectivity index (χ2n) is 4.90. The molecule has 0 spiro atoms. The molecule has 0 saturated heterocycles. The smallest absolute Gasteiger partial charge is 0.305 e. The van der Waals surface area contributed by atoms with Gasteiger partial charge in [0, 0.05) is 6.26 Å². The lowest BCUT2D eigenvalue weighted by atomic mass is 9.89. The van der Waals surface area contributed by atoms with Crippen LogP contribution in [0.25, 0.3) is 0 Å². The quantitative estimate of drug-likeness (QED) is 0.786. The summed E-state index contributed by atoms with van der Waals surface area (Å²) < 4.78 is 27.6. The highest BCUT2D eigenvalue weighted by Crippen LogP contribution is 2.21. The highest BCUT2D eigenvalue weighted by molar-refractivity contribution is 7.90. The number of aliphatic carboxylic acids is 1. The topological polar surface area (TPSA) is 114 Å². The van der Waals surface area contributed by atoms with Crippen LogP contribution >= 0.6 is 0 Å². The molecule has 118 valence electrons. The molecule has 0 saturated carbocycles. The highest BCUT2D eigenvalue weighted by Gasteiger charge is 2.32. The molecular formula is C13H19NO6S. The van der Waals surface area contributed by atoms with Gasteiger partial charge in [0.25, 0.3) is 5.91 Å². The van der Waals surface area contributed by atoms with E-state index in [1.165, 1.54) is 12.1 Å². The first-order chi connectivity index (χ1) is 9.63. The lowest BCUT2D eigenvalue weighted by molar-refractivity contribution is -0.138. The van der Waals surface area contributed by atoms with Crippen molar-refractivity contribution in [3.8, 4) is 0 Å². The number of furan rings is 1. The van der Waals surface area contributed by atoms with Crippen molar-refractivity contribution < 1.29 is 27.5 Å². The first kappa shape index (κ1) is 17.2. The van der Waals surface area contributed by atoms with E-state index in [1.807, 2.05) is 0 Å². The molecule has 0 bridgehead atoms. The Balaban J connectivity index is 2.97. The third-order valence-electron chi connectivity index (χ3n) is 3.39. The minimum absolute atomic E-state index is 0.160. The number of carboxylic acid groups (broad SMARTS) is 1. The van der Waals surface area contributed by atoms with Crippen molar-refractivity contribution in [2.24, 2.45) is 0 Å². The van der Waals surface area contributed by atoms with Gasteiger partial charge >= 0.3 is 5.97 Å². The average molecular weight is 317 g/mol. The maximum absolute atomic E-state index is 12.1. The van der Waals surface area contributed by atoms with Gasteiger partial charge in [-0.2, -0.15) is 0 Å². The standard InChI is InChI=1S/C13H19NO6S/c1-4-13(5-2,8-10(15)16)14-12(17)9-6-7-11(20-9)21(3,18)19/h6-7H,4-5,8H2,1-3H3,(H,14,17)(H,15,16). The minimum atomic E-state index is -3.53. The minimum Gasteiger partial charge on any atom is -0.481 e. The molecule has 1 heterocycles. The van der Waals surface area contributed by atoms with Gasteiger partial charge in [-0.3, -0.25) is 9.59 Å². The van der Waals surface area contributed by atoms with E-state index >= 15 is 0 Å². The number of carbonyl (C=O) groups is 2. The Bertz CT molecular complexity index is 627. The molecule has 0 aliphatic heterocycles. The summed E-state index contributed by atoms with van der Waals surface area (Å²) in [4.78, 5) is 23.0. The largest absolute Gasteiger partial charge is 0.481 e. The Labute approximate surface area is 123 Å². The number of hydrogen-bond acceptors (Lipinski definition) is 5. The van der Waals surface area contributed by atoms with Crippen LogP contribution in [-0.2, 0) is 14.6 Å². The molecule has 1 amide bonds. The lowest BCUT2D eigenvalue weighted by Crippen LogP contribution is -2.49. The Morgan fingerprint density at radius 3 is 2.24 bits per heavy atom. The highest BCUT2D eigenvalue weighted by atomic mass is 32.2. The van der Waals surface area contributed by atoms with Crippen molar-refractivity contribution in [3.05, 3.63) is 17.9 Å². The zero-order valence-corrected chi connectivity index (χ0v) is 13.0. The summed E-state index contributed by atoms with van der Waals surface area (Å²) >= 11 is 0. The predicted molar refractivity (Wildman–Crippen MR) is 74.8 cm³/mol. The molecule has 1 aromatic heterocycles. The molecule has 7 nitrogen and oxygen atoms in total. The van der Waals surface area contributed by atoms with Crippen molar-refractivity contribution >= 4 is 21.7 Å². The van der Waals surface area contributed by atoms with Crippen molar-refractivity contribution in [3.63, 3.8) is 0 Å². The summed E-state index contributed by atoms with van der Waals surface area (Å²) in [6.45, 7) is 3.55. The van der Waals surface area contributed by atoms with Crippen LogP contribution in [0.5, 0.6) is 0 Å². The first-order valence-corrected chi connectivity index (χ1v) is 8.37. The second-order valence-corrected chi connectivity index (χ2v) is 6.85. The maximum Gasteiger partial charge on any atom is 0.305 e. The van der Waals surface area contributed by atoms with Crippen LogP contribution in [-0.4, -0.2) is 37.2 Å². The van der Waals surface area contributed by atoms with E-state index in [9.17, 15) is 18.0 Å². The number of carboxylic acids is 1. The molecule has 0 aliphatic carbocycles. The van der Waals surface area contributed by atoms with Gasteiger partial charge in [0.15, 0.2) is 5.76 Å². The monoisotopic (exact) mass is 317 g/mol. The van der Waals surface area contributed by atoms with Gasteiger partial charge in [0.2, 0.25) is 14.9 Å². The third-order valence-corrected chi connectivity index (χ3v) is 4.34. The fourth-order valence-electron chi connectivity index (χ4n) is 1.95. The Morgan fingerprint density at radius 1 is 1.29 bits per heavy atom. The van der Waals surface area contributed by atoms with Crippen LogP contribution in [0, 0.1) is 0 Å². The fourth-order valence-corrected chi connectivity index (χ4v) is 2.51. The summed E-state index contributed by atoms with van der Waals surface area (Å²) in [6.07, 6.45) is 1.62. The zero-order valence-electron chi connectivity index (χ0n) is 12.2. The van der Waals surface area contributed by atoms with E-state index in [2.05, 4.69) is 5.32 Å². The van der Waals surface area contributed by atoms with Crippen LogP contribution in [0.2, 0.25) is 0 Å². The number of nitrogens with one attached hydrogen (secondary N) is 1. The second kappa shape index (κ2) is 6.30. The molecule has 0 unspecified atom stereocenters. The molecule has 0 fully saturated rings. The first-order valence-electron chi connectivity index (χ1n) is 6.47. The van der Waals surface area contributed by atoms with E-state index in [0.717, 1.165) is 6.26 Å². The van der Waals surface area contributed by atoms with Gasteiger partial charge in [-0.05, 0) is 25.0 Å². The molecule has 1 aromatic rings. The van der Waals surface area contributed by atoms with Gasteiger partial charge in [-0.25, -0.2) is 8.42 Å². The third kappa shape index (κ3) is 4.32. The van der Waals surface area contributed by atoms with Crippen molar-refractivity contribution in [1.29, 1.82) is 0 Å². The van der Waals surface area contributed by atoms with E-state index in [0.29, 0.717) is 12.8 Å². The summed E-state index contributed by atoms with van der Waals surface area (Å²) in [5.41, 5.74) is -0.888. The molecule has 0 aromatic carbocycles. The van der Waals surface area contributed by atoms with Crippen LogP contribution < -0.4 is 5.32 Å². The van der Waals surface area contributed by atoms with Crippen LogP contribution in [0.3, 0.4) is 0 Å². The molecule has 2 N–H and O–H groups in total. The van der Waals surface area contributed by atoms with Gasteiger partial charge in [-0.15, -0.1) is 0 Å². The Hall–Kier alpha value is -1.83. The van der Waals surface area contributed by atoms with E-state index in [-0.39, 0.29) is 17.3 Å². The van der Waals surface area contributed by atoms with Gasteiger partial charge < -0.3 is 14.8 Å². The van der Waals surface area contributed by atoms with Crippen LogP contribution in [0.4, 0.5) is 0 Å². The van der Waals surface area contributed by atoms with Gasteiger partial charge in [-0.1, -0.05) is 13.8 Å². The number of hydrogen-bond donors (Lipinski definition) is 2. The number of amides is 1. The number of carbonyl (C=O) groups excluding carboxylic acids is 1. The maximum atomic E-state index is 12.1. The predicted octanol–water partition coefficient (Wildman–Crippen LogP) is 1.45. The summed E-state index contributed by atoms with van der Waals surface area (Å²) in [6, 6.07) is 2.45. The number of rotatable bonds is 7. The fraction of sp³-hybridized carbons (Fsp3) is 0.538. The Morgan fingerprint density at radius 2 is 1.86 bits per heavy atom. The van der Waals surface area contributed by atoms with Gasteiger partial charge in [0.05, 0.1) is 12.0 Å². The molecule has 0 radical (unpaired) electrons. The summed E-state index contributed by atoms with van der Waals surface area (Å²) in [5, 5.41) is 11.3. The molecule has 0 atom stereocenters. The van der Waals surface area contributed by atoms with Gasteiger partial charge in [0.1, 0.15) is 0 Å². The molecule has 8 heteroatoms. The average Bonchev–Trinajstić information content (AvgIpc) is 2.86. The van der Waals surface area contributed by atoms with E-state index < -0.39 is 27.3 Å². The SMILES string of the molecule is CCC(CC)(CC(=O)O)NC(=O)c1ccc(S(C)(=O)=O)o1. The summed E-state index contributed by atoms with van der Waals surface area (Å²) in [7, 11) is -3.53. The van der Waals surface area contributed by atoms with E-state index in [4.69, 9.17) is 9.52 Å². The Kier molecular flexibility index (Phi) is 5.16. The normalized spacial score (nSPS) is 12.1. The molecule has 1 rings (SSSR count). The number of sulfone groups is 1. The molecule has 0 aliphatic rings. The molecular weight excluding hydrogens is 298 g/mol. The molecule has 21 heavy (non-hydrogen) atoms. The summed E-state index contributed by atoms with van der Waals surface area (Å²) in [5.74, 6) is -1.81. The van der Waals surface area contributed by atoms with Crippen molar-refractivity contribution in [2.45, 2.75) is 43.7 Å². The van der Waals surface area contributed by atoms with Crippen LogP contribution in [0.15, 0.2) is 21.6 Å². The lowest BCUT2D eigenvalue weighted by Gasteiger charge is -2.30.